The van der Waals surface area contributed by atoms with Crippen LogP contribution < -0.4 is 0 Å². The summed E-state index contributed by atoms with van der Waals surface area (Å²) in [7, 11) is 0. The van der Waals surface area contributed by atoms with E-state index in [0.29, 0.717) is 32.8 Å². The summed E-state index contributed by atoms with van der Waals surface area (Å²) >= 11 is 0. The van der Waals surface area contributed by atoms with Crippen LogP contribution >= 0.6 is 0 Å². The van der Waals surface area contributed by atoms with Crippen molar-refractivity contribution >= 4 is 11.6 Å². The van der Waals surface area contributed by atoms with E-state index < -0.39 is 0 Å². The Balaban J connectivity index is 0.000000197. The van der Waals surface area contributed by atoms with Crippen LogP contribution in [0.15, 0.2) is 108 Å². The molecule has 0 amide bonds. The molecule has 0 aliphatic heterocycles. The van der Waals surface area contributed by atoms with Gasteiger partial charge in [0.25, 0.3) is 0 Å². The maximum Gasteiger partial charge on any atom is 0.350 e. The molecule has 0 spiro atoms. The molecule has 8 N–H and O–H groups in total. The zero-order chi connectivity index (χ0) is 61.3. The van der Waals surface area contributed by atoms with Gasteiger partial charge in [-0.2, -0.15) is 0 Å². The first kappa shape index (κ1) is 71.1. The van der Waals surface area contributed by atoms with Crippen LogP contribution in [0.2, 0.25) is 0 Å². The quantitative estimate of drug-likeness (QED) is 0.0433. The van der Waals surface area contributed by atoms with E-state index in [1.165, 1.54) is 142 Å². The molecular weight excluding hydrogens is 1080 g/mol. The number of aliphatic hydroxyl groups is 2. The van der Waals surface area contributed by atoms with E-state index in [1.54, 1.807) is 35.4 Å². The average molecular weight is 1210 g/mol. The van der Waals surface area contributed by atoms with Crippen LogP contribution in [-0.2, 0) is 21.7 Å². The van der Waals surface area contributed by atoms with Crippen LogP contribution in [0.1, 0.15) is 249 Å². The first-order chi connectivity index (χ1) is 39.8. The third kappa shape index (κ3) is 16.5. The van der Waals surface area contributed by atoms with Crippen molar-refractivity contribution < 1.29 is 51.7 Å². The Morgan fingerprint density at radius 1 is 0.518 bits per heavy atom. The van der Waals surface area contributed by atoms with Crippen LogP contribution in [0.25, 0.3) is 0 Å². The zero-order valence-electron chi connectivity index (χ0n) is 56.2. The fraction of sp³-hybridized carbons (Fsp3) is 0.718. The molecule has 85 heavy (non-hydrogen) atoms. The molecule has 6 fully saturated rings. The van der Waals surface area contributed by atoms with Gasteiger partial charge in [0.2, 0.25) is 0 Å². The van der Waals surface area contributed by atoms with E-state index in [1.807, 2.05) is 36.4 Å². The predicted molar refractivity (Wildman–Crippen MR) is 357 cm³/mol. The average Bonchev–Trinajstić information content (AvgIpc) is 1.77. The first-order valence-electron chi connectivity index (χ1n) is 34.6. The maximum absolute atomic E-state index is 9.37. The molecule has 10 rings (SSSR count). The molecule has 7 heteroatoms. The van der Waals surface area contributed by atoms with Gasteiger partial charge in [0.1, 0.15) is 0 Å². The van der Waals surface area contributed by atoms with Gasteiger partial charge in [-0.05, 0) is 233 Å². The zero-order valence-corrected chi connectivity index (χ0v) is 57.7. The summed E-state index contributed by atoms with van der Waals surface area (Å²) in [6.45, 7) is 33.3. The van der Waals surface area contributed by atoms with Crippen molar-refractivity contribution in [3.63, 3.8) is 0 Å². The molecule has 2 aromatic carbocycles. The SMILES string of the molecule is C/C(O)=C/C(=[OH+])c1ccccc1.C/C(O)=C/C(=[OH+])c1ccccc1.CCC(CCC(C)C1CCC2C3CC=C4CC([OH2+])CCC4(C)C3CCC12C)C(C)C.CCC(CCC(C)C1CCC2C3CC=C4CC([OH2+])CCC4(C)C3CCC12C)C(C)C.[Ti]. The molecule has 472 valence electrons. The summed E-state index contributed by atoms with van der Waals surface area (Å²) < 4.78 is 0. The molecular formula is C78H124O6Ti+4. The van der Waals surface area contributed by atoms with Crippen molar-refractivity contribution in [2.45, 2.75) is 250 Å². The fourth-order valence-electron chi connectivity index (χ4n) is 20.4. The van der Waals surface area contributed by atoms with E-state index in [4.69, 9.17) is 20.4 Å². The van der Waals surface area contributed by atoms with Crippen molar-refractivity contribution in [3.05, 3.63) is 119 Å². The number of rotatable bonds is 16. The molecule has 8 aliphatic carbocycles. The van der Waals surface area contributed by atoms with Crippen LogP contribution in [0.4, 0.5) is 0 Å². The number of ketones is 2. The van der Waals surface area contributed by atoms with Gasteiger partial charge >= 0.3 is 11.6 Å². The summed E-state index contributed by atoms with van der Waals surface area (Å²) in [5, 5.41) is 34.3. The molecule has 8 aliphatic rings. The third-order valence-corrected chi connectivity index (χ3v) is 25.5. The van der Waals surface area contributed by atoms with Gasteiger partial charge in [-0.25, -0.2) is 0 Å². The standard InChI is InChI=1S/2C29H50O.2C10H10O2.Ti/c2*1-7-21(19(2)3)9-8-20(4)25-12-13-26-24-11-10-22-18-23(30)14-16-28(22,5)27(24)15-17-29(25,26)6;2*1-8(11)7-10(12)9-5-3-2-4-6-9;/h2*10,19-21,23-27,30H,7-9,11-18H2,1-6H3;2*2-7,11H,1H3;/p+4/b;;2*8-7-;. The van der Waals surface area contributed by atoms with Gasteiger partial charge in [0, 0.05) is 47.4 Å². The van der Waals surface area contributed by atoms with Crippen LogP contribution in [0.5, 0.6) is 0 Å². The van der Waals surface area contributed by atoms with Crippen molar-refractivity contribution in [2.24, 2.45) is 105 Å². The van der Waals surface area contributed by atoms with Crippen molar-refractivity contribution in [2.75, 3.05) is 0 Å². The molecule has 0 saturated heterocycles. The van der Waals surface area contributed by atoms with E-state index in [-0.39, 0.29) is 57.0 Å². The van der Waals surface area contributed by atoms with E-state index in [2.05, 4.69) is 95.2 Å². The van der Waals surface area contributed by atoms with Crippen LogP contribution in [-0.4, -0.2) is 53.8 Å². The Morgan fingerprint density at radius 3 is 1.19 bits per heavy atom. The monoisotopic (exact) mass is 1200 g/mol. The number of hydrogen-bond acceptors (Lipinski definition) is 2. The van der Waals surface area contributed by atoms with E-state index >= 15 is 0 Å². The summed E-state index contributed by atoms with van der Waals surface area (Å²) in [4.78, 5) is 18.7. The number of allylic oxidation sites excluding steroid dienone is 6. The number of aliphatic hydroxyl groups excluding tert-OH is 2. The molecule has 18 unspecified atom stereocenters. The van der Waals surface area contributed by atoms with Crippen molar-refractivity contribution in [3.8, 4) is 0 Å². The molecule has 0 bridgehead atoms. The minimum Gasteiger partial charge on any atom is -0.512 e. The number of carbonyl (C=O) groups excluding carboxylic acids is 2. The summed E-state index contributed by atoms with van der Waals surface area (Å²) in [6.07, 6.45) is 38.2. The molecule has 6 saturated carbocycles. The Bertz CT molecular complexity index is 2380. The largest absolute Gasteiger partial charge is 0.512 e. The number of fused-ring (bicyclic) bond motifs is 10. The molecule has 6 nitrogen and oxygen atoms in total. The Hall–Kier alpha value is -3.03. The number of hydrogen-bond donors (Lipinski definition) is 2. The molecule has 0 radical (unpaired) electrons. The third-order valence-electron chi connectivity index (χ3n) is 25.5. The van der Waals surface area contributed by atoms with E-state index in [9.17, 15) is 9.59 Å². The smallest absolute Gasteiger partial charge is 0.350 e. The Labute approximate surface area is 533 Å². The van der Waals surface area contributed by atoms with Crippen molar-refractivity contribution in [1.82, 2.24) is 0 Å². The summed E-state index contributed by atoms with van der Waals surface area (Å²) in [6, 6.07) is 18.1. The van der Waals surface area contributed by atoms with Gasteiger partial charge in [-0.3, -0.25) is 9.59 Å². The minimum atomic E-state index is 0. The van der Waals surface area contributed by atoms with Gasteiger partial charge in [-0.1, -0.05) is 168 Å². The second kappa shape index (κ2) is 31.1. The molecule has 0 heterocycles. The van der Waals surface area contributed by atoms with E-state index in [0.717, 1.165) is 109 Å². The van der Waals surface area contributed by atoms with Crippen molar-refractivity contribution in [1.29, 1.82) is 0 Å². The molecule has 18 atom stereocenters. The second-order valence-electron chi connectivity index (χ2n) is 30.9. The summed E-state index contributed by atoms with van der Waals surface area (Å²) in [5.41, 5.74) is 6.80. The predicted octanol–water partition coefficient (Wildman–Crippen LogP) is 19.6. The van der Waals surface area contributed by atoms with Crippen LogP contribution in [0.3, 0.4) is 0 Å². The number of benzene rings is 2. The Morgan fingerprint density at radius 2 is 0.871 bits per heavy atom. The van der Waals surface area contributed by atoms with Gasteiger partial charge in [0.15, 0.2) is 12.2 Å². The van der Waals surface area contributed by atoms with Gasteiger partial charge in [-0.15, -0.1) is 0 Å². The maximum atomic E-state index is 9.37. The minimum absolute atomic E-state index is 0. The topological polar surface area (TPSA) is 129 Å². The molecule has 0 aromatic heterocycles. The Kier molecular flexibility index (Phi) is 26.0. The van der Waals surface area contributed by atoms with Crippen LogP contribution in [0, 0.1) is 105 Å². The normalized spacial score (nSPS) is 35.2. The van der Waals surface area contributed by atoms with Gasteiger partial charge < -0.3 is 20.4 Å². The second-order valence-corrected chi connectivity index (χ2v) is 30.9. The fourth-order valence-corrected chi connectivity index (χ4v) is 20.4. The first-order valence-corrected chi connectivity index (χ1v) is 34.6. The van der Waals surface area contributed by atoms with Gasteiger partial charge in [0.05, 0.1) is 34.8 Å². The summed E-state index contributed by atoms with van der Waals surface area (Å²) in [5.74, 6) is 13.1. The molecule has 2 aromatic rings.